The van der Waals surface area contributed by atoms with Crippen molar-refractivity contribution in [1.29, 1.82) is 0 Å². The summed E-state index contributed by atoms with van der Waals surface area (Å²) in [5.74, 6) is 0.699. The SMILES string of the molecule is Cc1ccc(CN=C(NCc2ccon2)Nc2ccccc2)cc1.I. The highest BCUT2D eigenvalue weighted by atomic mass is 127. The van der Waals surface area contributed by atoms with Gasteiger partial charge in [-0.05, 0) is 24.6 Å². The van der Waals surface area contributed by atoms with Crippen molar-refractivity contribution in [2.75, 3.05) is 5.32 Å². The van der Waals surface area contributed by atoms with Gasteiger partial charge in [0.05, 0.1) is 13.1 Å². The van der Waals surface area contributed by atoms with Crippen LogP contribution in [0.1, 0.15) is 16.8 Å². The molecule has 3 aromatic rings. The van der Waals surface area contributed by atoms with E-state index in [2.05, 4.69) is 52.0 Å². The van der Waals surface area contributed by atoms with Gasteiger partial charge in [-0.15, -0.1) is 24.0 Å². The molecule has 3 rings (SSSR count). The van der Waals surface area contributed by atoms with Crippen LogP contribution in [-0.2, 0) is 13.1 Å². The van der Waals surface area contributed by atoms with Crippen LogP contribution in [0.25, 0.3) is 0 Å². The zero-order valence-electron chi connectivity index (χ0n) is 14.0. The molecule has 1 heterocycles. The van der Waals surface area contributed by atoms with Crippen LogP contribution in [0.2, 0.25) is 0 Å². The zero-order valence-corrected chi connectivity index (χ0v) is 16.3. The Hall–Kier alpha value is -2.35. The van der Waals surface area contributed by atoms with E-state index in [1.165, 1.54) is 5.56 Å². The van der Waals surface area contributed by atoms with E-state index in [4.69, 9.17) is 4.52 Å². The molecule has 0 aliphatic rings. The molecule has 2 aromatic carbocycles. The third-order valence-electron chi connectivity index (χ3n) is 3.51. The number of aromatic nitrogens is 1. The molecular weight excluding hydrogens is 427 g/mol. The van der Waals surface area contributed by atoms with Crippen LogP contribution >= 0.6 is 24.0 Å². The Morgan fingerprint density at radius 1 is 1.04 bits per heavy atom. The minimum Gasteiger partial charge on any atom is -0.364 e. The summed E-state index contributed by atoms with van der Waals surface area (Å²) in [6.45, 7) is 3.22. The van der Waals surface area contributed by atoms with E-state index in [1.54, 1.807) is 6.26 Å². The summed E-state index contributed by atoms with van der Waals surface area (Å²) in [5.41, 5.74) is 4.21. The number of nitrogens with one attached hydrogen (secondary N) is 2. The number of benzene rings is 2. The second-order valence-electron chi connectivity index (χ2n) is 5.49. The molecule has 0 saturated heterocycles. The summed E-state index contributed by atoms with van der Waals surface area (Å²) in [5, 5.41) is 10.5. The van der Waals surface area contributed by atoms with E-state index in [9.17, 15) is 0 Å². The number of hydrogen-bond acceptors (Lipinski definition) is 3. The Balaban J connectivity index is 0.00000225. The number of anilines is 1. The molecule has 6 heteroatoms. The van der Waals surface area contributed by atoms with E-state index < -0.39 is 0 Å². The van der Waals surface area contributed by atoms with Crippen molar-refractivity contribution in [3.05, 3.63) is 83.7 Å². The van der Waals surface area contributed by atoms with Crippen molar-refractivity contribution in [3.63, 3.8) is 0 Å². The minimum atomic E-state index is 0. The lowest BCUT2D eigenvalue weighted by atomic mass is 10.1. The highest BCUT2D eigenvalue weighted by molar-refractivity contribution is 14.0. The van der Waals surface area contributed by atoms with Gasteiger partial charge in [-0.3, -0.25) is 0 Å². The highest BCUT2D eigenvalue weighted by Crippen LogP contribution is 2.07. The average molecular weight is 448 g/mol. The van der Waals surface area contributed by atoms with Crippen molar-refractivity contribution >= 4 is 35.6 Å². The van der Waals surface area contributed by atoms with Crippen molar-refractivity contribution in [3.8, 4) is 0 Å². The third-order valence-corrected chi connectivity index (χ3v) is 3.51. The molecule has 0 aliphatic carbocycles. The molecular formula is C19H21IN4O. The fraction of sp³-hybridized carbons (Fsp3) is 0.158. The first kappa shape index (κ1) is 19.0. The molecule has 0 fully saturated rings. The molecule has 25 heavy (non-hydrogen) atoms. The van der Waals surface area contributed by atoms with Gasteiger partial charge in [-0.1, -0.05) is 53.2 Å². The summed E-state index contributed by atoms with van der Waals surface area (Å²) in [6.07, 6.45) is 1.56. The van der Waals surface area contributed by atoms with Crippen LogP contribution in [0.15, 0.2) is 76.4 Å². The van der Waals surface area contributed by atoms with Gasteiger partial charge >= 0.3 is 0 Å². The molecule has 130 valence electrons. The van der Waals surface area contributed by atoms with Gasteiger partial charge in [0.15, 0.2) is 5.96 Å². The molecule has 0 atom stereocenters. The standard InChI is InChI=1S/C19H20N4O.HI/c1-15-7-9-16(10-8-15)13-20-19(21-14-18-11-12-24-23-18)22-17-5-3-2-4-6-17;/h2-12H,13-14H2,1H3,(H2,20,21,22);1H. The maximum absolute atomic E-state index is 4.86. The molecule has 0 radical (unpaired) electrons. The van der Waals surface area contributed by atoms with Crippen molar-refractivity contribution in [1.82, 2.24) is 10.5 Å². The predicted molar refractivity (Wildman–Crippen MR) is 111 cm³/mol. The molecule has 0 unspecified atom stereocenters. The number of rotatable bonds is 5. The topological polar surface area (TPSA) is 62.5 Å². The number of halogens is 1. The molecule has 0 spiro atoms. The molecule has 5 nitrogen and oxygen atoms in total. The Morgan fingerprint density at radius 3 is 2.48 bits per heavy atom. The van der Waals surface area contributed by atoms with Crippen molar-refractivity contribution < 1.29 is 4.52 Å². The number of nitrogens with zero attached hydrogens (tertiary/aromatic N) is 2. The second-order valence-corrected chi connectivity index (χ2v) is 5.49. The van der Waals surface area contributed by atoms with Gasteiger partial charge in [0.1, 0.15) is 12.0 Å². The van der Waals surface area contributed by atoms with Crippen molar-refractivity contribution in [2.45, 2.75) is 20.0 Å². The number of para-hydroxylation sites is 1. The number of aliphatic imine (C=N–C) groups is 1. The number of guanidine groups is 1. The van der Waals surface area contributed by atoms with Crippen LogP contribution in [-0.4, -0.2) is 11.1 Å². The van der Waals surface area contributed by atoms with Crippen LogP contribution in [0.5, 0.6) is 0 Å². The monoisotopic (exact) mass is 448 g/mol. The van der Waals surface area contributed by atoms with Crippen molar-refractivity contribution in [2.24, 2.45) is 4.99 Å². The largest absolute Gasteiger partial charge is 0.364 e. The summed E-state index contributed by atoms with van der Waals surface area (Å²) in [7, 11) is 0. The summed E-state index contributed by atoms with van der Waals surface area (Å²) in [6, 6.07) is 20.2. The fourth-order valence-electron chi connectivity index (χ4n) is 2.16. The average Bonchev–Trinajstić information content (AvgIpc) is 3.13. The van der Waals surface area contributed by atoms with Gasteiger partial charge in [-0.2, -0.15) is 0 Å². The van der Waals surface area contributed by atoms with Crippen LogP contribution in [0.3, 0.4) is 0 Å². The molecule has 0 aliphatic heterocycles. The lowest BCUT2D eigenvalue weighted by Crippen LogP contribution is -2.30. The first-order valence-corrected chi connectivity index (χ1v) is 7.85. The van der Waals surface area contributed by atoms with Crippen LogP contribution < -0.4 is 10.6 Å². The predicted octanol–water partition coefficient (Wildman–Crippen LogP) is 4.36. The first-order valence-electron chi connectivity index (χ1n) is 7.85. The van der Waals surface area contributed by atoms with Gasteiger partial charge in [-0.25, -0.2) is 4.99 Å². The minimum absolute atomic E-state index is 0. The fourth-order valence-corrected chi connectivity index (χ4v) is 2.16. The quantitative estimate of drug-likeness (QED) is 0.346. The molecule has 0 bridgehead atoms. The van der Waals surface area contributed by atoms with Gasteiger partial charge in [0, 0.05) is 11.8 Å². The molecule has 1 aromatic heterocycles. The smallest absolute Gasteiger partial charge is 0.196 e. The maximum atomic E-state index is 4.86. The van der Waals surface area contributed by atoms with Crippen LogP contribution in [0, 0.1) is 6.92 Å². The zero-order chi connectivity index (χ0) is 16.6. The van der Waals surface area contributed by atoms with Gasteiger partial charge in [0.2, 0.25) is 0 Å². The molecule has 0 amide bonds. The normalized spacial score (nSPS) is 10.8. The Labute approximate surface area is 164 Å². The lowest BCUT2D eigenvalue weighted by Gasteiger charge is -2.12. The molecule has 2 N–H and O–H groups in total. The number of aryl methyl sites for hydroxylation is 1. The Bertz CT molecular complexity index is 771. The molecule has 0 saturated carbocycles. The van der Waals surface area contributed by atoms with E-state index in [0.29, 0.717) is 19.0 Å². The van der Waals surface area contributed by atoms with E-state index >= 15 is 0 Å². The second kappa shape index (κ2) is 9.83. The van der Waals surface area contributed by atoms with E-state index in [-0.39, 0.29) is 24.0 Å². The summed E-state index contributed by atoms with van der Waals surface area (Å²) < 4.78 is 4.86. The van der Waals surface area contributed by atoms with Gasteiger partial charge in [0.25, 0.3) is 0 Å². The third kappa shape index (κ3) is 6.22. The lowest BCUT2D eigenvalue weighted by molar-refractivity contribution is 0.411. The van der Waals surface area contributed by atoms with Gasteiger partial charge < -0.3 is 15.2 Å². The highest BCUT2D eigenvalue weighted by Gasteiger charge is 2.02. The first-order chi connectivity index (χ1) is 11.8. The van der Waals surface area contributed by atoms with E-state index in [1.807, 2.05) is 36.4 Å². The maximum Gasteiger partial charge on any atom is 0.196 e. The summed E-state index contributed by atoms with van der Waals surface area (Å²) in [4.78, 5) is 4.65. The Kier molecular flexibility index (Phi) is 7.46. The Morgan fingerprint density at radius 2 is 1.80 bits per heavy atom. The number of hydrogen-bond donors (Lipinski definition) is 2. The van der Waals surface area contributed by atoms with E-state index in [0.717, 1.165) is 16.9 Å². The van der Waals surface area contributed by atoms with Crippen LogP contribution in [0.4, 0.5) is 5.69 Å². The summed E-state index contributed by atoms with van der Waals surface area (Å²) >= 11 is 0.